The van der Waals surface area contributed by atoms with Crippen molar-refractivity contribution in [2.75, 3.05) is 0 Å². The highest BCUT2D eigenvalue weighted by molar-refractivity contribution is 7.88. The third kappa shape index (κ3) is 6.07. The summed E-state index contributed by atoms with van der Waals surface area (Å²) in [5, 5.41) is 3.40. The highest BCUT2D eigenvalue weighted by Gasteiger charge is 2.15. The van der Waals surface area contributed by atoms with E-state index in [-0.39, 0.29) is 11.8 Å². The first-order chi connectivity index (χ1) is 11.4. The number of aryl methyl sites for hydroxylation is 1. The van der Waals surface area contributed by atoms with Gasteiger partial charge in [-0.3, -0.25) is 0 Å². The van der Waals surface area contributed by atoms with Crippen LogP contribution in [0.5, 0.6) is 0 Å². The standard InChI is InChI=1S/C19H26N2O2S/c1-15(2)21-24(22,23)14-19-10-5-4-9-18(19)13-20-12-17-8-6-7-16(3)11-17/h4-11,15,20-21H,12-14H2,1-3H3. The molecule has 0 fully saturated rings. The Labute approximate surface area is 145 Å². The fraction of sp³-hybridized carbons (Fsp3) is 0.368. The molecule has 0 aliphatic heterocycles. The van der Waals surface area contributed by atoms with E-state index in [1.165, 1.54) is 11.1 Å². The van der Waals surface area contributed by atoms with Gasteiger partial charge in [-0.05, 0) is 37.5 Å². The van der Waals surface area contributed by atoms with E-state index in [9.17, 15) is 8.42 Å². The molecule has 0 saturated heterocycles. The zero-order valence-electron chi connectivity index (χ0n) is 14.5. The van der Waals surface area contributed by atoms with E-state index in [1.54, 1.807) is 0 Å². The minimum absolute atomic E-state index is 0.00742. The van der Waals surface area contributed by atoms with Crippen LogP contribution < -0.4 is 10.0 Å². The van der Waals surface area contributed by atoms with E-state index in [1.807, 2.05) is 44.2 Å². The quantitative estimate of drug-likeness (QED) is 0.772. The Morgan fingerprint density at radius 1 is 0.958 bits per heavy atom. The Balaban J connectivity index is 2.01. The number of benzene rings is 2. The van der Waals surface area contributed by atoms with Crippen molar-refractivity contribution in [2.45, 2.75) is 45.7 Å². The lowest BCUT2D eigenvalue weighted by atomic mass is 10.1. The molecule has 0 aromatic heterocycles. The van der Waals surface area contributed by atoms with E-state index < -0.39 is 10.0 Å². The normalized spacial score (nSPS) is 11.8. The van der Waals surface area contributed by atoms with Gasteiger partial charge in [0.25, 0.3) is 0 Å². The Morgan fingerprint density at radius 2 is 1.67 bits per heavy atom. The molecular weight excluding hydrogens is 320 g/mol. The Bertz CT molecular complexity index is 770. The summed E-state index contributed by atoms with van der Waals surface area (Å²) < 4.78 is 27.0. The van der Waals surface area contributed by atoms with Crippen molar-refractivity contribution in [2.24, 2.45) is 0 Å². The molecule has 0 spiro atoms. The number of hydrogen-bond acceptors (Lipinski definition) is 3. The lowest BCUT2D eigenvalue weighted by Gasteiger charge is -2.13. The molecule has 0 bridgehead atoms. The fourth-order valence-corrected chi connectivity index (χ4v) is 4.13. The summed E-state index contributed by atoms with van der Waals surface area (Å²) in [5.74, 6) is 0.00742. The monoisotopic (exact) mass is 346 g/mol. The molecule has 130 valence electrons. The van der Waals surface area contributed by atoms with Crippen LogP contribution in [-0.4, -0.2) is 14.5 Å². The second kappa shape index (κ2) is 8.42. The number of sulfonamides is 1. The first-order valence-corrected chi connectivity index (χ1v) is 9.84. The van der Waals surface area contributed by atoms with Crippen molar-refractivity contribution in [3.63, 3.8) is 0 Å². The maximum Gasteiger partial charge on any atom is 0.216 e. The lowest BCUT2D eigenvalue weighted by Crippen LogP contribution is -2.31. The maximum atomic E-state index is 12.2. The number of hydrogen-bond donors (Lipinski definition) is 2. The minimum atomic E-state index is -3.32. The molecule has 0 saturated carbocycles. The zero-order chi connectivity index (χ0) is 17.6. The molecule has 2 aromatic carbocycles. The van der Waals surface area contributed by atoms with Crippen molar-refractivity contribution in [1.29, 1.82) is 0 Å². The first-order valence-electron chi connectivity index (χ1n) is 8.19. The average Bonchev–Trinajstić information content (AvgIpc) is 2.47. The molecular formula is C19H26N2O2S. The fourth-order valence-electron chi connectivity index (χ4n) is 2.64. The van der Waals surface area contributed by atoms with Crippen molar-refractivity contribution >= 4 is 10.0 Å². The molecule has 2 rings (SSSR count). The molecule has 0 unspecified atom stereocenters. The summed E-state index contributed by atoms with van der Waals surface area (Å²) in [6.45, 7) is 7.12. The summed E-state index contributed by atoms with van der Waals surface area (Å²) in [6.07, 6.45) is 0. The third-order valence-corrected chi connectivity index (χ3v) is 5.13. The van der Waals surface area contributed by atoms with Gasteiger partial charge in [-0.15, -0.1) is 0 Å². The molecule has 24 heavy (non-hydrogen) atoms. The Kier molecular flexibility index (Phi) is 6.54. The summed E-state index contributed by atoms with van der Waals surface area (Å²) >= 11 is 0. The predicted molar refractivity (Wildman–Crippen MR) is 99.1 cm³/mol. The van der Waals surface area contributed by atoms with Crippen molar-refractivity contribution in [3.05, 3.63) is 70.8 Å². The highest BCUT2D eigenvalue weighted by Crippen LogP contribution is 2.13. The van der Waals surface area contributed by atoms with Crippen LogP contribution in [0, 0.1) is 6.92 Å². The van der Waals surface area contributed by atoms with E-state index in [4.69, 9.17) is 0 Å². The number of nitrogens with one attached hydrogen (secondary N) is 2. The second-order valence-electron chi connectivity index (χ2n) is 6.39. The SMILES string of the molecule is Cc1cccc(CNCc2ccccc2CS(=O)(=O)NC(C)C)c1. The average molecular weight is 346 g/mol. The Hall–Kier alpha value is -1.69. The van der Waals surface area contributed by atoms with E-state index >= 15 is 0 Å². The summed E-state index contributed by atoms with van der Waals surface area (Å²) in [5.41, 5.74) is 4.31. The minimum Gasteiger partial charge on any atom is -0.309 e. The van der Waals surface area contributed by atoms with Crippen LogP contribution in [0.2, 0.25) is 0 Å². The van der Waals surface area contributed by atoms with Gasteiger partial charge in [0.15, 0.2) is 0 Å². The van der Waals surface area contributed by atoms with Gasteiger partial charge >= 0.3 is 0 Å². The van der Waals surface area contributed by atoms with Gasteiger partial charge < -0.3 is 5.32 Å². The lowest BCUT2D eigenvalue weighted by molar-refractivity contribution is 0.568. The highest BCUT2D eigenvalue weighted by atomic mass is 32.2. The smallest absolute Gasteiger partial charge is 0.216 e. The van der Waals surface area contributed by atoms with Gasteiger partial charge in [0, 0.05) is 19.1 Å². The zero-order valence-corrected chi connectivity index (χ0v) is 15.4. The van der Waals surface area contributed by atoms with Gasteiger partial charge in [0.05, 0.1) is 5.75 Å². The number of rotatable bonds is 8. The van der Waals surface area contributed by atoms with E-state index in [0.29, 0.717) is 6.54 Å². The molecule has 4 nitrogen and oxygen atoms in total. The molecule has 2 aromatic rings. The Morgan fingerprint density at radius 3 is 2.33 bits per heavy atom. The first kappa shape index (κ1) is 18.6. The molecule has 2 N–H and O–H groups in total. The van der Waals surface area contributed by atoms with E-state index in [0.717, 1.165) is 17.7 Å². The third-order valence-electron chi connectivity index (χ3n) is 3.61. The summed E-state index contributed by atoms with van der Waals surface area (Å²) in [4.78, 5) is 0. The van der Waals surface area contributed by atoms with Crippen molar-refractivity contribution in [1.82, 2.24) is 10.0 Å². The molecule has 0 radical (unpaired) electrons. The molecule has 0 aliphatic rings. The molecule has 5 heteroatoms. The van der Waals surface area contributed by atoms with Gasteiger partial charge in [-0.1, -0.05) is 54.1 Å². The van der Waals surface area contributed by atoms with Crippen LogP contribution >= 0.6 is 0 Å². The van der Waals surface area contributed by atoms with Gasteiger partial charge in [0.1, 0.15) is 0 Å². The second-order valence-corrected chi connectivity index (χ2v) is 8.15. The molecule has 0 atom stereocenters. The van der Waals surface area contributed by atoms with Crippen LogP contribution in [-0.2, 0) is 28.9 Å². The van der Waals surface area contributed by atoms with Crippen LogP contribution in [0.3, 0.4) is 0 Å². The van der Waals surface area contributed by atoms with E-state index in [2.05, 4.69) is 35.2 Å². The topological polar surface area (TPSA) is 58.2 Å². The molecule has 0 amide bonds. The maximum absolute atomic E-state index is 12.2. The largest absolute Gasteiger partial charge is 0.309 e. The van der Waals surface area contributed by atoms with Crippen LogP contribution in [0.25, 0.3) is 0 Å². The van der Waals surface area contributed by atoms with Gasteiger partial charge in [-0.25, -0.2) is 13.1 Å². The molecule has 0 heterocycles. The van der Waals surface area contributed by atoms with Crippen LogP contribution in [0.15, 0.2) is 48.5 Å². The van der Waals surface area contributed by atoms with Crippen molar-refractivity contribution in [3.8, 4) is 0 Å². The van der Waals surface area contributed by atoms with Crippen LogP contribution in [0.1, 0.15) is 36.1 Å². The van der Waals surface area contributed by atoms with Gasteiger partial charge in [0.2, 0.25) is 10.0 Å². The van der Waals surface area contributed by atoms with Gasteiger partial charge in [-0.2, -0.15) is 0 Å². The predicted octanol–water partition coefficient (Wildman–Crippen LogP) is 3.11. The summed E-state index contributed by atoms with van der Waals surface area (Å²) in [6, 6.07) is 15.9. The summed E-state index contributed by atoms with van der Waals surface area (Å²) in [7, 11) is -3.32. The van der Waals surface area contributed by atoms with Crippen LogP contribution in [0.4, 0.5) is 0 Å². The molecule has 0 aliphatic carbocycles. The van der Waals surface area contributed by atoms with Crippen molar-refractivity contribution < 1.29 is 8.42 Å².